The normalized spacial score (nSPS) is 18.6. The second-order valence-corrected chi connectivity index (χ2v) is 4.08. The van der Waals surface area contributed by atoms with Crippen LogP contribution in [0.3, 0.4) is 0 Å². The molecule has 2 rings (SSSR count). The van der Waals surface area contributed by atoms with E-state index in [-0.39, 0.29) is 5.54 Å². The van der Waals surface area contributed by atoms with Crippen LogP contribution in [0.5, 0.6) is 0 Å². The van der Waals surface area contributed by atoms with Crippen molar-refractivity contribution in [2.45, 2.75) is 31.2 Å². The molecule has 0 amide bonds. The fourth-order valence-corrected chi connectivity index (χ4v) is 1.35. The molecule has 1 aromatic heterocycles. The third-order valence-electron chi connectivity index (χ3n) is 2.45. The molecule has 70 valence electrons. The van der Waals surface area contributed by atoms with Crippen molar-refractivity contribution < 1.29 is 0 Å². The van der Waals surface area contributed by atoms with Crippen molar-refractivity contribution in [3.8, 4) is 0 Å². The largest absolute Gasteiger partial charge is 0.325 e. The zero-order valence-electron chi connectivity index (χ0n) is 7.33. The molecule has 0 unspecified atom stereocenters. The van der Waals surface area contributed by atoms with E-state index in [9.17, 15) is 0 Å². The molecule has 13 heavy (non-hydrogen) atoms. The smallest absolute Gasteiger partial charge is 0.147 e. The van der Waals surface area contributed by atoms with E-state index in [4.69, 9.17) is 17.3 Å². The van der Waals surface area contributed by atoms with Gasteiger partial charge in [-0.05, 0) is 25.7 Å². The molecular weight excluding hydrogens is 186 g/mol. The van der Waals surface area contributed by atoms with Crippen molar-refractivity contribution in [2.75, 3.05) is 0 Å². The molecule has 1 fully saturated rings. The summed E-state index contributed by atoms with van der Waals surface area (Å²) in [5.41, 5.74) is 7.02. The molecule has 1 heterocycles. The lowest BCUT2D eigenvalue weighted by atomic mass is 10.1. The topological polar surface area (TPSA) is 51.8 Å². The maximum Gasteiger partial charge on any atom is 0.147 e. The lowest BCUT2D eigenvalue weighted by Crippen LogP contribution is -2.22. The highest BCUT2D eigenvalue weighted by Crippen LogP contribution is 2.36. The van der Waals surface area contributed by atoms with Crippen LogP contribution >= 0.6 is 11.6 Å². The molecule has 0 bridgehead atoms. The van der Waals surface area contributed by atoms with Gasteiger partial charge in [0, 0.05) is 5.54 Å². The van der Waals surface area contributed by atoms with E-state index in [0.717, 1.165) is 31.4 Å². The van der Waals surface area contributed by atoms with E-state index in [0.29, 0.717) is 5.15 Å². The van der Waals surface area contributed by atoms with Gasteiger partial charge in [-0.25, -0.2) is 4.98 Å². The lowest BCUT2D eigenvalue weighted by molar-refractivity contribution is 0.602. The van der Waals surface area contributed by atoms with E-state index in [2.05, 4.69) is 9.97 Å². The molecular formula is C9H12ClN3. The minimum Gasteiger partial charge on any atom is -0.325 e. The molecule has 1 aromatic rings. The Morgan fingerprint density at radius 3 is 2.69 bits per heavy atom. The summed E-state index contributed by atoms with van der Waals surface area (Å²) >= 11 is 5.62. The number of aryl methyl sites for hydroxylation is 1. The third-order valence-corrected chi connectivity index (χ3v) is 2.64. The van der Waals surface area contributed by atoms with Gasteiger partial charge in [0.05, 0.1) is 18.1 Å². The molecule has 0 radical (unpaired) electrons. The van der Waals surface area contributed by atoms with Gasteiger partial charge in [0.2, 0.25) is 0 Å². The summed E-state index contributed by atoms with van der Waals surface area (Å²) in [6.45, 7) is 0. The highest BCUT2D eigenvalue weighted by Gasteiger charge is 2.37. The molecule has 0 atom stereocenters. The van der Waals surface area contributed by atoms with Crippen LogP contribution in [0.1, 0.15) is 25.0 Å². The van der Waals surface area contributed by atoms with Crippen molar-refractivity contribution in [2.24, 2.45) is 5.73 Å². The fourth-order valence-electron chi connectivity index (χ4n) is 1.26. The summed E-state index contributed by atoms with van der Waals surface area (Å²) in [6, 6.07) is 0. The van der Waals surface area contributed by atoms with E-state index in [1.807, 2.05) is 0 Å². The van der Waals surface area contributed by atoms with Crippen LogP contribution in [0.4, 0.5) is 0 Å². The molecule has 1 aliphatic rings. The van der Waals surface area contributed by atoms with Gasteiger partial charge in [-0.2, -0.15) is 0 Å². The first kappa shape index (κ1) is 8.91. The maximum atomic E-state index is 5.95. The summed E-state index contributed by atoms with van der Waals surface area (Å²) in [4.78, 5) is 8.12. The Kier molecular flexibility index (Phi) is 2.22. The quantitative estimate of drug-likeness (QED) is 0.800. The third kappa shape index (κ3) is 2.39. The van der Waals surface area contributed by atoms with Gasteiger partial charge in [-0.3, -0.25) is 4.98 Å². The van der Waals surface area contributed by atoms with Gasteiger partial charge >= 0.3 is 0 Å². The van der Waals surface area contributed by atoms with Crippen molar-refractivity contribution in [3.63, 3.8) is 0 Å². The summed E-state index contributed by atoms with van der Waals surface area (Å²) in [6.07, 6.45) is 7.49. The fraction of sp³-hybridized carbons (Fsp3) is 0.556. The Morgan fingerprint density at radius 2 is 2.15 bits per heavy atom. The Balaban J connectivity index is 1.91. The zero-order chi connectivity index (χ0) is 9.31. The van der Waals surface area contributed by atoms with Crippen LogP contribution in [-0.4, -0.2) is 15.5 Å². The van der Waals surface area contributed by atoms with E-state index < -0.39 is 0 Å². The van der Waals surface area contributed by atoms with Gasteiger partial charge in [-0.15, -0.1) is 0 Å². The molecule has 0 aliphatic heterocycles. The predicted octanol–water partition coefficient (Wildman–Crippen LogP) is 1.55. The Morgan fingerprint density at radius 1 is 1.38 bits per heavy atom. The number of rotatable bonds is 3. The van der Waals surface area contributed by atoms with Crippen molar-refractivity contribution in [3.05, 3.63) is 23.2 Å². The lowest BCUT2D eigenvalue weighted by Gasteiger charge is -2.06. The van der Waals surface area contributed by atoms with Gasteiger partial charge in [0.1, 0.15) is 5.15 Å². The first-order valence-electron chi connectivity index (χ1n) is 4.43. The minimum atomic E-state index is 0.0985. The minimum absolute atomic E-state index is 0.0985. The molecule has 0 aromatic carbocycles. The molecule has 2 N–H and O–H groups in total. The van der Waals surface area contributed by atoms with Crippen LogP contribution < -0.4 is 5.73 Å². The summed E-state index contributed by atoms with van der Waals surface area (Å²) in [7, 11) is 0. The van der Waals surface area contributed by atoms with Crippen LogP contribution in [0.25, 0.3) is 0 Å². The number of aromatic nitrogens is 2. The predicted molar refractivity (Wildman–Crippen MR) is 51.5 cm³/mol. The molecule has 0 saturated heterocycles. The summed E-state index contributed by atoms with van der Waals surface area (Å²) < 4.78 is 0. The molecule has 4 heteroatoms. The second kappa shape index (κ2) is 3.24. The number of halogens is 1. The molecule has 1 aliphatic carbocycles. The van der Waals surface area contributed by atoms with Crippen molar-refractivity contribution in [1.29, 1.82) is 0 Å². The van der Waals surface area contributed by atoms with Crippen LogP contribution in [0.2, 0.25) is 5.15 Å². The number of nitrogens with two attached hydrogens (primary N) is 1. The average Bonchev–Trinajstić information content (AvgIpc) is 2.84. The highest BCUT2D eigenvalue weighted by molar-refractivity contribution is 6.29. The van der Waals surface area contributed by atoms with E-state index >= 15 is 0 Å². The van der Waals surface area contributed by atoms with Gasteiger partial charge in [0.15, 0.2) is 0 Å². The number of nitrogens with zero attached hydrogens (tertiary/aromatic N) is 2. The second-order valence-electron chi connectivity index (χ2n) is 3.69. The molecule has 0 spiro atoms. The van der Waals surface area contributed by atoms with Gasteiger partial charge < -0.3 is 5.73 Å². The number of hydrogen-bond donors (Lipinski definition) is 1. The van der Waals surface area contributed by atoms with Gasteiger partial charge in [-0.1, -0.05) is 11.6 Å². The highest BCUT2D eigenvalue weighted by atomic mass is 35.5. The summed E-state index contributed by atoms with van der Waals surface area (Å²) in [5, 5.41) is 0.442. The van der Waals surface area contributed by atoms with Crippen LogP contribution in [0.15, 0.2) is 12.4 Å². The Labute approximate surface area is 82.3 Å². The molecule has 3 nitrogen and oxygen atoms in total. The first-order valence-corrected chi connectivity index (χ1v) is 4.81. The van der Waals surface area contributed by atoms with E-state index in [1.165, 1.54) is 0 Å². The zero-order valence-corrected chi connectivity index (χ0v) is 8.09. The van der Waals surface area contributed by atoms with Gasteiger partial charge in [0.25, 0.3) is 0 Å². The molecule has 1 saturated carbocycles. The Bertz CT molecular complexity index is 292. The SMILES string of the molecule is NC1(CCc2cnc(Cl)cn2)CC1. The summed E-state index contributed by atoms with van der Waals surface area (Å²) in [5.74, 6) is 0. The Hall–Kier alpha value is -0.670. The van der Waals surface area contributed by atoms with Crippen LogP contribution in [0, 0.1) is 0 Å². The number of hydrogen-bond acceptors (Lipinski definition) is 3. The first-order chi connectivity index (χ1) is 6.18. The van der Waals surface area contributed by atoms with Crippen molar-refractivity contribution >= 4 is 11.6 Å². The van der Waals surface area contributed by atoms with E-state index in [1.54, 1.807) is 12.4 Å². The standard InChI is InChI=1S/C9H12ClN3/c10-8-6-12-7(5-13-8)1-2-9(11)3-4-9/h5-6H,1-4,11H2. The monoisotopic (exact) mass is 197 g/mol. The average molecular weight is 198 g/mol. The van der Waals surface area contributed by atoms with Crippen molar-refractivity contribution in [1.82, 2.24) is 9.97 Å². The maximum absolute atomic E-state index is 5.95. The van der Waals surface area contributed by atoms with Crippen LogP contribution in [-0.2, 0) is 6.42 Å².